The molecule has 108 valence electrons. The summed E-state index contributed by atoms with van der Waals surface area (Å²) in [5, 5.41) is 3.05. The van der Waals surface area contributed by atoms with Crippen molar-refractivity contribution in [3.8, 4) is 0 Å². The highest BCUT2D eigenvalue weighted by molar-refractivity contribution is 5.94. The lowest BCUT2D eigenvalue weighted by atomic mass is 10.0. The molecule has 1 aromatic carbocycles. The predicted molar refractivity (Wildman–Crippen MR) is 77.3 cm³/mol. The van der Waals surface area contributed by atoms with Gasteiger partial charge >= 0.3 is 0 Å². The van der Waals surface area contributed by atoms with Gasteiger partial charge in [-0.3, -0.25) is 14.5 Å². The van der Waals surface area contributed by atoms with Crippen LogP contribution in [0.2, 0.25) is 0 Å². The number of hydrogen-bond acceptors (Lipinski definition) is 3. The van der Waals surface area contributed by atoms with Gasteiger partial charge in [-0.05, 0) is 31.9 Å². The van der Waals surface area contributed by atoms with Crippen molar-refractivity contribution in [1.82, 2.24) is 10.2 Å². The van der Waals surface area contributed by atoms with Gasteiger partial charge in [0.15, 0.2) is 0 Å². The number of hydrogen-bond donors (Lipinski definition) is 2. The number of piperidine rings is 1. The van der Waals surface area contributed by atoms with Gasteiger partial charge in [-0.1, -0.05) is 17.7 Å². The number of aryl methyl sites for hydroxylation is 1. The Bertz CT molecular complexity index is 494. The number of amides is 2. The van der Waals surface area contributed by atoms with E-state index in [2.05, 4.69) is 5.32 Å². The summed E-state index contributed by atoms with van der Waals surface area (Å²) in [7, 11) is 0. The summed E-state index contributed by atoms with van der Waals surface area (Å²) in [6.45, 7) is 3.86. The first kappa shape index (κ1) is 14.5. The average molecular weight is 275 g/mol. The maximum absolute atomic E-state index is 12.1. The van der Waals surface area contributed by atoms with E-state index in [1.807, 2.05) is 36.1 Å². The van der Waals surface area contributed by atoms with E-state index >= 15 is 0 Å². The zero-order valence-electron chi connectivity index (χ0n) is 11.8. The highest BCUT2D eigenvalue weighted by atomic mass is 16.2. The van der Waals surface area contributed by atoms with Gasteiger partial charge in [0, 0.05) is 24.7 Å². The van der Waals surface area contributed by atoms with Gasteiger partial charge in [0.25, 0.3) is 5.91 Å². The summed E-state index contributed by atoms with van der Waals surface area (Å²) in [6.07, 6.45) is 1.70. The molecule has 0 saturated carbocycles. The summed E-state index contributed by atoms with van der Waals surface area (Å²) in [4.78, 5) is 25.0. The molecule has 3 N–H and O–H groups in total. The Labute approximate surface area is 119 Å². The van der Waals surface area contributed by atoms with Crippen LogP contribution >= 0.6 is 0 Å². The van der Waals surface area contributed by atoms with Crippen LogP contribution in [-0.2, 0) is 4.79 Å². The van der Waals surface area contributed by atoms with Crippen molar-refractivity contribution in [1.29, 1.82) is 0 Å². The van der Waals surface area contributed by atoms with Crippen LogP contribution in [0, 0.1) is 6.92 Å². The summed E-state index contributed by atoms with van der Waals surface area (Å²) in [6, 6.07) is 7.74. The van der Waals surface area contributed by atoms with Crippen molar-refractivity contribution in [3.05, 3.63) is 35.4 Å². The van der Waals surface area contributed by atoms with Crippen LogP contribution in [0.5, 0.6) is 0 Å². The number of benzene rings is 1. The van der Waals surface area contributed by atoms with Gasteiger partial charge in [-0.15, -0.1) is 0 Å². The number of rotatable bonds is 4. The standard InChI is InChI=1S/C15H21N3O2/c1-11-3-2-4-12(9-11)15(20)17-13-5-7-18(8-6-13)10-14(16)19/h2-4,9,13H,5-8,10H2,1H3,(H2,16,19)(H,17,20). The van der Waals surface area contributed by atoms with E-state index in [4.69, 9.17) is 5.73 Å². The monoisotopic (exact) mass is 275 g/mol. The summed E-state index contributed by atoms with van der Waals surface area (Å²) >= 11 is 0. The topological polar surface area (TPSA) is 75.4 Å². The van der Waals surface area contributed by atoms with Crippen LogP contribution in [0.25, 0.3) is 0 Å². The summed E-state index contributed by atoms with van der Waals surface area (Å²) in [5.74, 6) is -0.325. The minimum absolute atomic E-state index is 0.0259. The van der Waals surface area contributed by atoms with Crippen LogP contribution < -0.4 is 11.1 Å². The molecule has 1 saturated heterocycles. The average Bonchev–Trinajstić information content (AvgIpc) is 2.40. The maximum atomic E-state index is 12.1. The Morgan fingerprint density at radius 3 is 2.65 bits per heavy atom. The zero-order valence-corrected chi connectivity index (χ0v) is 11.8. The molecule has 0 radical (unpaired) electrons. The van der Waals surface area contributed by atoms with Crippen molar-refractivity contribution >= 4 is 11.8 Å². The molecular weight excluding hydrogens is 254 g/mol. The molecule has 5 nitrogen and oxygen atoms in total. The van der Waals surface area contributed by atoms with Crippen molar-refractivity contribution in [2.75, 3.05) is 19.6 Å². The summed E-state index contributed by atoms with van der Waals surface area (Å²) < 4.78 is 0. The second-order valence-electron chi connectivity index (χ2n) is 5.36. The van der Waals surface area contributed by atoms with Crippen LogP contribution in [0.4, 0.5) is 0 Å². The van der Waals surface area contributed by atoms with Gasteiger partial charge in [-0.25, -0.2) is 0 Å². The van der Waals surface area contributed by atoms with E-state index < -0.39 is 0 Å². The number of primary amides is 1. The SMILES string of the molecule is Cc1cccc(C(=O)NC2CCN(CC(N)=O)CC2)c1. The molecule has 2 rings (SSSR count). The molecule has 0 spiro atoms. The van der Waals surface area contributed by atoms with Crippen molar-refractivity contribution in [2.45, 2.75) is 25.8 Å². The minimum Gasteiger partial charge on any atom is -0.369 e. The van der Waals surface area contributed by atoms with Gasteiger partial charge in [0.1, 0.15) is 0 Å². The van der Waals surface area contributed by atoms with Gasteiger partial charge < -0.3 is 11.1 Å². The lowest BCUT2D eigenvalue weighted by molar-refractivity contribution is -0.119. The fraction of sp³-hybridized carbons (Fsp3) is 0.467. The Morgan fingerprint density at radius 2 is 2.05 bits per heavy atom. The van der Waals surface area contributed by atoms with E-state index in [-0.39, 0.29) is 17.9 Å². The molecule has 0 aromatic heterocycles. The number of nitrogens with two attached hydrogens (primary N) is 1. The number of nitrogens with one attached hydrogen (secondary N) is 1. The predicted octanol–water partition coefficient (Wildman–Crippen LogP) is 0.675. The van der Waals surface area contributed by atoms with E-state index in [0.717, 1.165) is 31.5 Å². The normalized spacial score (nSPS) is 16.9. The lowest BCUT2D eigenvalue weighted by Gasteiger charge is -2.31. The van der Waals surface area contributed by atoms with Crippen molar-refractivity contribution in [3.63, 3.8) is 0 Å². The van der Waals surface area contributed by atoms with Crippen LogP contribution in [0.15, 0.2) is 24.3 Å². The Balaban J connectivity index is 1.83. The maximum Gasteiger partial charge on any atom is 0.251 e. The van der Waals surface area contributed by atoms with E-state index in [9.17, 15) is 9.59 Å². The van der Waals surface area contributed by atoms with Crippen LogP contribution in [-0.4, -0.2) is 42.4 Å². The van der Waals surface area contributed by atoms with E-state index in [0.29, 0.717) is 12.1 Å². The smallest absolute Gasteiger partial charge is 0.251 e. The van der Waals surface area contributed by atoms with Gasteiger partial charge in [-0.2, -0.15) is 0 Å². The first-order chi connectivity index (χ1) is 9.54. The van der Waals surface area contributed by atoms with Crippen LogP contribution in [0.1, 0.15) is 28.8 Å². The second-order valence-corrected chi connectivity index (χ2v) is 5.36. The molecule has 0 aliphatic carbocycles. The molecule has 0 bridgehead atoms. The zero-order chi connectivity index (χ0) is 14.5. The van der Waals surface area contributed by atoms with Crippen molar-refractivity contribution < 1.29 is 9.59 Å². The lowest BCUT2D eigenvalue weighted by Crippen LogP contribution is -2.46. The Morgan fingerprint density at radius 1 is 1.35 bits per heavy atom. The molecular formula is C15H21N3O2. The number of likely N-dealkylation sites (tertiary alicyclic amines) is 1. The van der Waals surface area contributed by atoms with Crippen LogP contribution in [0.3, 0.4) is 0 Å². The van der Waals surface area contributed by atoms with E-state index in [1.54, 1.807) is 0 Å². The molecule has 1 heterocycles. The molecule has 0 unspecified atom stereocenters. The number of nitrogens with zero attached hydrogens (tertiary/aromatic N) is 1. The van der Waals surface area contributed by atoms with Gasteiger partial charge in [0.05, 0.1) is 6.54 Å². The first-order valence-electron chi connectivity index (χ1n) is 6.93. The highest BCUT2D eigenvalue weighted by Crippen LogP contribution is 2.11. The fourth-order valence-electron chi connectivity index (χ4n) is 2.51. The Hall–Kier alpha value is -1.88. The molecule has 1 aromatic rings. The molecule has 5 heteroatoms. The number of carbonyl (C=O) groups excluding carboxylic acids is 2. The molecule has 1 aliphatic heterocycles. The molecule has 1 fully saturated rings. The molecule has 1 aliphatic rings. The highest BCUT2D eigenvalue weighted by Gasteiger charge is 2.21. The molecule has 2 amide bonds. The quantitative estimate of drug-likeness (QED) is 0.848. The third-order valence-electron chi connectivity index (χ3n) is 3.58. The molecule has 0 atom stereocenters. The van der Waals surface area contributed by atoms with E-state index in [1.165, 1.54) is 0 Å². The third kappa shape index (κ3) is 4.06. The number of carbonyl (C=O) groups is 2. The second kappa shape index (κ2) is 6.52. The largest absolute Gasteiger partial charge is 0.369 e. The van der Waals surface area contributed by atoms with Gasteiger partial charge in [0.2, 0.25) is 5.91 Å². The molecule has 20 heavy (non-hydrogen) atoms. The van der Waals surface area contributed by atoms with Crippen molar-refractivity contribution in [2.24, 2.45) is 5.73 Å². The first-order valence-corrected chi connectivity index (χ1v) is 6.93. The minimum atomic E-state index is -0.299. The fourth-order valence-corrected chi connectivity index (χ4v) is 2.51. The third-order valence-corrected chi connectivity index (χ3v) is 3.58. The summed E-state index contributed by atoms with van der Waals surface area (Å²) in [5.41, 5.74) is 6.95. The Kier molecular flexibility index (Phi) is 4.74.